The smallest absolute Gasteiger partial charge is 0.273 e. The quantitative estimate of drug-likeness (QED) is 0.913. The highest BCUT2D eigenvalue weighted by molar-refractivity contribution is 7.20. The van der Waals surface area contributed by atoms with E-state index in [2.05, 4.69) is 10.3 Å². The summed E-state index contributed by atoms with van der Waals surface area (Å²) in [5.74, 6) is -0.0238. The van der Waals surface area contributed by atoms with Gasteiger partial charge in [0.15, 0.2) is 0 Å². The van der Waals surface area contributed by atoms with Crippen molar-refractivity contribution in [2.45, 2.75) is 0 Å². The normalized spacial score (nSPS) is 10.6. The molecule has 96 valence electrons. The highest BCUT2D eigenvalue weighted by Gasteiger charge is 2.15. The molecule has 0 aliphatic heterocycles. The molecule has 0 radical (unpaired) electrons. The lowest BCUT2D eigenvalue weighted by Crippen LogP contribution is -2.32. The molecule has 0 aliphatic carbocycles. The van der Waals surface area contributed by atoms with Gasteiger partial charge in [-0.15, -0.1) is 22.7 Å². The summed E-state index contributed by atoms with van der Waals surface area (Å²) in [6, 6.07) is 4.00. The largest absolute Gasteiger partial charge is 0.339 e. The zero-order valence-electron chi connectivity index (χ0n) is 10.3. The molecule has 2 aromatic rings. The van der Waals surface area contributed by atoms with E-state index < -0.39 is 0 Å². The summed E-state index contributed by atoms with van der Waals surface area (Å²) in [5, 5.41) is 7.77. The van der Waals surface area contributed by atoms with E-state index in [1.807, 2.05) is 29.9 Å². The number of likely N-dealkylation sites (N-methyl/N-ethyl adjacent to an activating group) is 2. The summed E-state index contributed by atoms with van der Waals surface area (Å²) in [6.45, 7) is 1.46. The van der Waals surface area contributed by atoms with E-state index in [1.165, 1.54) is 11.3 Å². The number of nitrogens with one attached hydrogen (secondary N) is 1. The van der Waals surface area contributed by atoms with E-state index in [1.54, 1.807) is 23.3 Å². The van der Waals surface area contributed by atoms with Crippen LogP contribution in [0.25, 0.3) is 9.88 Å². The molecular weight excluding hydrogens is 266 g/mol. The van der Waals surface area contributed by atoms with Crippen LogP contribution >= 0.6 is 22.7 Å². The predicted molar refractivity (Wildman–Crippen MR) is 76.3 cm³/mol. The molecule has 6 heteroatoms. The Balaban J connectivity index is 2.08. The molecule has 0 saturated carbocycles. The third-order valence-electron chi connectivity index (χ3n) is 2.50. The molecule has 0 aliphatic rings. The van der Waals surface area contributed by atoms with Crippen molar-refractivity contribution in [2.24, 2.45) is 0 Å². The lowest BCUT2D eigenvalue weighted by Gasteiger charge is -2.15. The third-order valence-corrected chi connectivity index (χ3v) is 4.38. The summed E-state index contributed by atoms with van der Waals surface area (Å²) < 4.78 is 0. The highest BCUT2D eigenvalue weighted by atomic mass is 32.1. The lowest BCUT2D eigenvalue weighted by molar-refractivity contribution is 0.0792. The van der Waals surface area contributed by atoms with Crippen LogP contribution in [-0.4, -0.2) is 43.0 Å². The monoisotopic (exact) mass is 281 g/mol. The van der Waals surface area contributed by atoms with Crippen LogP contribution in [0.1, 0.15) is 10.5 Å². The van der Waals surface area contributed by atoms with Gasteiger partial charge >= 0.3 is 0 Å². The van der Waals surface area contributed by atoms with Gasteiger partial charge in [0, 0.05) is 25.5 Å². The Bertz CT molecular complexity index is 507. The van der Waals surface area contributed by atoms with E-state index in [0.717, 1.165) is 16.4 Å². The number of carbonyl (C=O) groups excluding carboxylic acids is 1. The van der Waals surface area contributed by atoms with Gasteiger partial charge in [-0.1, -0.05) is 6.07 Å². The molecule has 0 spiro atoms. The minimum Gasteiger partial charge on any atom is -0.339 e. The topological polar surface area (TPSA) is 45.2 Å². The Morgan fingerprint density at radius 2 is 2.33 bits per heavy atom. The molecular formula is C12H15N3OS2. The van der Waals surface area contributed by atoms with E-state index in [-0.39, 0.29) is 5.91 Å². The number of hydrogen-bond donors (Lipinski definition) is 1. The zero-order chi connectivity index (χ0) is 13.0. The van der Waals surface area contributed by atoms with Gasteiger partial charge in [-0.3, -0.25) is 4.79 Å². The van der Waals surface area contributed by atoms with Crippen LogP contribution in [0.15, 0.2) is 22.9 Å². The average molecular weight is 281 g/mol. The number of thiazole rings is 1. The third kappa shape index (κ3) is 2.95. The van der Waals surface area contributed by atoms with E-state index in [9.17, 15) is 4.79 Å². The number of carbonyl (C=O) groups is 1. The molecule has 1 amide bonds. The van der Waals surface area contributed by atoms with Crippen LogP contribution in [-0.2, 0) is 0 Å². The maximum Gasteiger partial charge on any atom is 0.273 e. The Morgan fingerprint density at radius 1 is 1.50 bits per heavy atom. The fraction of sp³-hybridized carbons (Fsp3) is 0.333. The van der Waals surface area contributed by atoms with Crippen molar-refractivity contribution in [3.05, 3.63) is 28.6 Å². The molecule has 4 nitrogen and oxygen atoms in total. The highest BCUT2D eigenvalue weighted by Crippen LogP contribution is 2.27. The predicted octanol–water partition coefficient (Wildman–Crippen LogP) is 2.16. The number of aromatic nitrogens is 1. The SMILES string of the molecule is CNCCN(C)C(=O)c1csc(-c2cccs2)n1. The molecule has 0 bridgehead atoms. The lowest BCUT2D eigenvalue weighted by atomic mass is 10.4. The molecule has 2 aromatic heterocycles. The molecule has 0 unspecified atom stereocenters. The van der Waals surface area contributed by atoms with Gasteiger partial charge in [0.1, 0.15) is 10.7 Å². The second kappa shape index (κ2) is 6.08. The van der Waals surface area contributed by atoms with Gasteiger partial charge in [0.05, 0.1) is 4.88 Å². The van der Waals surface area contributed by atoms with Crippen LogP contribution in [0, 0.1) is 0 Å². The Morgan fingerprint density at radius 3 is 3.00 bits per heavy atom. The second-order valence-corrected chi connectivity index (χ2v) is 5.65. The Hall–Kier alpha value is -1.24. The molecule has 2 rings (SSSR count). The van der Waals surface area contributed by atoms with Crippen LogP contribution in [0.2, 0.25) is 0 Å². The summed E-state index contributed by atoms with van der Waals surface area (Å²) >= 11 is 3.15. The van der Waals surface area contributed by atoms with Gasteiger partial charge in [0.25, 0.3) is 5.91 Å². The Labute approximate surface area is 114 Å². The standard InChI is InChI=1S/C12H15N3OS2/c1-13-5-6-15(2)12(16)9-8-18-11(14-9)10-4-3-7-17-10/h3-4,7-8,13H,5-6H2,1-2H3. The van der Waals surface area contributed by atoms with Crippen molar-refractivity contribution in [1.82, 2.24) is 15.2 Å². The molecule has 2 heterocycles. The van der Waals surface area contributed by atoms with Gasteiger partial charge in [0.2, 0.25) is 0 Å². The Kier molecular flexibility index (Phi) is 4.46. The first-order valence-electron chi connectivity index (χ1n) is 5.62. The van der Waals surface area contributed by atoms with Crippen LogP contribution < -0.4 is 5.32 Å². The van der Waals surface area contributed by atoms with Crippen LogP contribution in [0.4, 0.5) is 0 Å². The average Bonchev–Trinajstić information content (AvgIpc) is 3.04. The summed E-state index contributed by atoms with van der Waals surface area (Å²) in [7, 11) is 3.67. The number of thiophene rings is 1. The maximum absolute atomic E-state index is 12.1. The first kappa shape index (κ1) is 13.2. The number of amides is 1. The summed E-state index contributed by atoms with van der Waals surface area (Å²) in [6.07, 6.45) is 0. The fourth-order valence-electron chi connectivity index (χ4n) is 1.46. The minimum atomic E-state index is -0.0238. The molecule has 0 atom stereocenters. The number of rotatable bonds is 5. The fourth-order valence-corrected chi connectivity index (χ4v) is 3.07. The van der Waals surface area contributed by atoms with E-state index in [4.69, 9.17) is 0 Å². The molecule has 0 saturated heterocycles. The van der Waals surface area contributed by atoms with Gasteiger partial charge in [-0.2, -0.15) is 0 Å². The van der Waals surface area contributed by atoms with Crippen molar-refractivity contribution in [2.75, 3.05) is 27.2 Å². The van der Waals surface area contributed by atoms with Crippen molar-refractivity contribution in [1.29, 1.82) is 0 Å². The maximum atomic E-state index is 12.1. The summed E-state index contributed by atoms with van der Waals surface area (Å²) in [4.78, 5) is 19.3. The van der Waals surface area contributed by atoms with E-state index in [0.29, 0.717) is 12.2 Å². The summed E-state index contributed by atoms with van der Waals surface area (Å²) in [5.41, 5.74) is 0.530. The van der Waals surface area contributed by atoms with Crippen molar-refractivity contribution in [3.8, 4) is 9.88 Å². The first-order valence-corrected chi connectivity index (χ1v) is 7.37. The second-order valence-electron chi connectivity index (χ2n) is 3.85. The molecule has 18 heavy (non-hydrogen) atoms. The van der Waals surface area contributed by atoms with Crippen molar-refractivity contribution in [3.63, 3.8) is 0 Å². The molecule has 1 N–H and O–H groups in total. The van der Waals surface area contributed by atoms with Crippen LogP contribution in [0.5, 0.6) is 0 Å². The minimum absolute atomic E-state index is 0.0238. The van der Waals surface area contributed by atoms with Gasteiger partial charge in [-0.05, 0) is 18.5 Å². The molecule has 0 fully saturated rings. The number of hydrogen-bond acceptors (Lipinski definition) is 5. The molecule has 0 aromatic carbocycles. The number of nitrogens with zero attached hydrogens (tertiary/aromatic N) is 2. The van der Waals surface area contributed by atoms with Crippen molar-refractivity contribution < 1.29 is 4.79 Å². The first-order chi connectivity index (χ1) is 8.72. The van der Waals surface area contributed by atoms with Crippen molar-refractivity contribution >= 4 is 28.6 Å². The zero-order valence-corrected chi connectivity index (χ0v) is 12.0. The van der Waals surface area contributed by atoms with Crippen LogP contribution in [0.3, 0.4) is 0 Å². The van der Waals surface area contributed by atoms with Gasteiger partial charge in [-0.25, -0.2) is 4.98 Å². The van der Waals surface area contributed by atoms with E-state index >= 15 is 0 Å². The van der Waals surface area contributed by atoms with Gasteiger partial charge < -0.3 is 10.2 Å².